The van der Waals surface area contributed by atoms with Crippen LogP contribution in [0.15, 0.2) is 77.7 Å². The lowest BCUT2D eigenvalue weighted by Crippen LogP contribution is -2.31. The van der Waals surface area contributed by atoms with E-state index in [0.29, 0.717) is 6.54 Å². The van der Waals surface area contributed by atoms with E-state index in [9.17, 15) is 4.39 Å². The molecule has 0 aliphatic carbocycles. The van der Waals surface area contributed by atoms with Gasteiger partial charge in [0, 0.05) is 36.6 Å². The van der Waals surface area contributed by atoms with Gasteiger partial charge in [0.15, 0.2) is 0 Å². The Balaban J connectivity index is 1.63. The minimum Gasteiger partial charge on any atom is -0.278 e. The minimum absolute atomic E-state index is 0.124. The normalized spacial score (nSPS) is 17.7. The molecule has 1 saturated heterocycles. The molecule has 1 unspecified atom stereocenters. The number of thioether (sulfide) groups is 1. The summed E-state index contributed by atoms with van der Waals surface area (Å²) < 4.78 is 14.3. The van der Waals surface area contributed by atoms with E-state index in [-0.39, 0.29) is 12.0 Å². The van der Waals surface area contributed by atoms with Crippen LogP contribution in [0.1, 0.15) is 28.4 Å². The van der Waals surface area contributed by atoms with Crippen molar-refractivity contribution in [3.05, 3.63) is 101 Å². The lowest BCUT2D eigenvalue weighted by atomic mass is 10.1. The van der Waals surface area contributed by atoms with Crippen molar-refractivity contribution in [3.63, 3.8) is 0 Å². The van der Waals surface area contributed by atoms with Crippen molar-refractivity contribution < 1.29 is 4.39 Å². The van der Waals surface area contributed by atoms with Crippen molar-refractivity contribution in [2.45, 2.75) is 31.1 Å². The second-order valence-electron chi connectivity index (χ2n) is 7.61. The first kappa shape index (κ1) is 20.1. The monoisotopic (exact) mass is 406 g/mol. The third-order valence-corrected chi connectivity index (χ3v) is 6.49. The van der Waals surface area contributed by atoms with E-state index >= 15 is 0 Å². The molecule has 2 nitrogen and oxygen atoms in total. The van der Waals surface area contributed by atoms with E-state index in [1.807, 2.05) is 12.1 Å². The molecule has 29 heavy (non-hydrogen) atoms. The summed E-state index contributed by atoms with van der Waals surface area (Å²) in [6.45, 7) is 5.58. The van der Waals surface area contributed by atoms with Crippen LogP contribution in [0.2, 0.25) is 0 Å². The maximum absolute atomic E-state index is 14.3. The van der Waals surface area contributed by atoms with Gasteiger partial charge in [0.25, 0.3) is 0 Å². The minimum atomic E-state index is -0.124. The number of rotatable bonds is 6. The molecule has 0 radical (unpaired) electrons. The third kappa shape index (κ3) is 4.55. The molecule has 150 valence electrons. The van der Waals surface area contributed by atoms with E-state index in [4.69, 9.17) is 0 Å². The Hall–Kier alpha value is -2.14. The number of halogens is 1. The van der Waals surface area contributed by atoms with Crippen molar-refractivity contribution in [2.24, 2.45) is 0 Å². The molecular formula is C25H27FN2S. The average molecular weight is 407 g/mol. The van der Waals surface area contributed by atoms with Gasteiger partial charge in [-0.15, -0.1) is 11.8 Å². The highest BCUT2D eigenvalue weighted by Crippen LogP contribution is 2.34. The zero-order chi connectivity index (χ0) is 20.2. The summed E-state index contributed by atoms with van der Waals surface area (Å²) in [7, 11) is 0. The lowest BCUT2D eigenvalue weighted by Gasteiger charge is -2.31. The van der Waals surface area contributed by atoms with Gasteiger partial charge in [0.05, 0.1) is 6.17 Å². The topological polar surface area (TPSA) is 6.48 Å². The van der Waals surface area contributed by atoms with Gasteiger partial charge in [-0.05, 0) is 48.1 Å². The lowest BCUT2D eigenvalue weighted by molar-refractivity contribution is 0.124. The van der Waals surface area contributed by atoms with Gasteiger partial charge in [0.1, 0.15) is 5.82 Å². The smallest absolute Gasteiger partial charge is 0.127 e. The Bertz CT molecular complexity index is 902. The highest BCUT2D eigenvalue weighted by atomic mass is 32.2. The van der Waals surface area contributed by atoms with Gasteiger partial charge in [0.2, 0.25) is 0 Å². The summed E-state index contributed by atoms with van der Waals surface area (Å²) in [6.07, 6.45) is 2.24. The fourth-order valence-corrected chi connectivity index (χ4v) is 4.52. The molecule has 1 heterocycles. The van der Waals surface area contributed by atoms with Gasteiger partial charge in [-0.2, -0.15) is 0 Å². The zero-order valence-electron chi connectivity index (χ0n) is 17.0. The molecule has 4 heteroatoms. The molecule has 0 aromatic heterocycles. The highest BCUT2D eigenvalue weighted by molar-refractivity contribution is 7.98. The van der Waals surface area contributed by atoms with E-state index in [0.717, 1.165) is 25.2 Å². The molecule has 3 aromatic rings. The Kier molecular flexibility index (Phi) is 6.34. The molecule has 0 amide bonds. The van der Waals surface area contributed by atoms with Crippen molar-refractivity contribution >= 4 is 11.8 Å². The summed E-state index contributed by atoms with van der Waals surface area (Å²) in [4.78, 5) is 6.17. The second kappa shape index (κ2) is 9.12. The fraction of sp³-hybridized carbons (Fsp3) is 0.280. The number of benzene rings is 3. The molecule has 1 fully saturated rings. The highest BCUT2D eigenvalue weighted by Gasteiger charge is 2.33. The number of hydrogen-bond acceptors (Lipinski definition) is 3. The summed E-state index contributed by atoms with van der Waals surface area (Å²) in [5, 5.41) is 0. The Labute approximate surface area is 177 Å². The van der Waals surface area contributed by atoms with Crippen LogP contribution in [-0.4, -0.2) is 29.1 Å². The molecule has 0 N–H and O–H groups in total. The fourth-order valence-electron chi connectivity index (χ4n) is 4.11. The maximum Gasteiger partial charge on any atom is 0.127 e. The molecule has 3 aromatic carbocycles. The molecule has 1 aliphatic rings. The summed E-state index contributed by atoms with van der Waals surface area (Å²) >= 11 is 1.75. The van der Waals surface area contributed by atoms with E-state index in [1.165, 1.54) is 21.6 Å². The molecule has 0 spiro atoms. The predicted octanol–water partition coefficient (Wildman–Crippen LogP) is 5.87. The van der Waals surface area contributed by atoms with Crippen molar-refractivity contribution in [3.8, 4) is 0 Å². The van der Waals surface area contributed by atoms with Gasteiger partial charge in [-0.1, -0.05) is 54.6 Å². The number of hydrogen-bond donors (Lipinski definition) is 0. The first-order valence-electron chi connectivity index (χ1n) is 10.1. The van der Waals surface area contributed by atoms with Crippen LogP contribution in [0.5, 0.6) is 0 Å². The van der Waals surface area contributed by atoms with Crippen LogP contribution in [0.4, 0.5) is 4.39 Å². The first-order valence-corrected chi connectivity index (χ1v) is 11.3. The Morgan fingerprint density at radius 2 is 1.41 bits per heavy atom. The van der Waals surface area contributed by atoms with Crippen LogP contribution in [0.25, 0.3) is 0 Å². The largest absolute Gasteiger partial charge is 0.278 e. The van der Waals surface area contributed by atoms with Crippen LogP contribution in [0, 0.1) is 12.7 Å². The Morgan fingerprint density at radius 3 is 2.03 bits per heavy atom. The molecule has 1 atom stereocenters. The predicted molar refractivity (Wildman–Crippen MR) is 119 cm³/mol. The molecule has 0 bridgehead atoms. The van der Waals surface area contributed by atoms with E-state index < -0.39 is 0 Å². The van der Waals surface area contributed by atoms with Crippen molar-refractivity contribution in [1.82, 2.24) is 9.80 Å². The van der Waals surface area contributed by atoms with E-state index in [1.54, 1.807) is 23.9 Å². The standard InChI is InChI=1S/C25H27FN2S/c1-19-7-3-4-8-21(19)17-27-15-16-28(18-22-9-5-6-10-24(22)26)25(27)20-11-13-23(29-2)14-12-20/h3-14,25H,15-18H2,1-2H3. The molecule has 1 aliphatic heterocycles. The molecule has 0 saturated carbocycles. The van der Waals surface area contributed by atoms with Gasteiger partial charge in [-0.25, -0.2) is 4.39 Å². The summed E-state index contributed by atoms with van der Waals surface area (Å²) in [5.41, 5.74) is 4.70. The van der Waals surface area contributed by atoms with Crippen molar-refractivity contribution in [1.29, 1.82) is 0 Å². The maximum atomic E-state index is 14.3. The Morgan fingerprint density at radius 1 is 0.828 bits per heavy atom. The third-order valence-electron chi connectivity index (χ3n) is 5.75. The average Bonchev–Trinajstić information content (AvgIpc) is 3.13. The molecular weight excluding hydrogens is 379 g/mol. The van der Waals surface area contributed by atoms with Gasteiger partial charge >= 0.3 is 0 Å². The van der Waals surface area contributed by atoms with Crippen LogP contribution in [0.3, 0.4) is 0 Å². The second-order valence-corrected chi connectivity index (χ2v) is 8.49. The summed E-state index contributed by atoms with van der Waals surface area (Å²) in [5.74, 6) is -0.124. The SMILES string of the molecule is CSc1ccc(C2N(Cc3ccccc3C)CCN2Cc2ccccc2F)cc1. The first-order chi connectivity index (χ1) is 14.2. The van der Waals surface area contributed by atoms with Crippen LogP contribution >= 0.6 is 11.8 Å². The zero-order valence-corrected chi connectivity index (χ0v) is 17.8. The van der Waals surface area contributed by atoms with Gasteiger partial charge < -0.3 is 0 Å². The summed E-state index contributed by atoms with van der Waals surface area (Å²) in [6, 6.07) is 24.5. The van der Waals surface area contributed by atoms with Crippen LogP contribution in [-0.2, 0) is 13.1 Å². The quantitative estimate of drug-likeness (QED) is 0.473. The van der Waals surface area contributed by atoms with Crippen LogP contribution < -0.4 is 0 Å². The number of nitrogens with zero attached hydrogens (tertiary/aromatic N) is 2. The van der Waals surface area contributed by atoms with E-state index in [2.05, 4.69) is 71.5 Å². The van der Waals surface area contributed by atoms with Gasteiger partial charge in [-0.3, -0.25) is 9.80 Å². The number of aryl methyl sites for hydroxylation is 1. The molecule has 4 rings (SSSR count). The van der Waals surface area contributed by atoms with Crippen molar-refractivity contribution in [2.75, 3.05) is 19.3 Å².